The highest BCUT2D eigenvalue weighted by molar-refractivity contribution is 5.94. The van der Waals surface area contributed by atoms with Gasteiger partial charge in [0, 0.05) is 23.7 Å². The maximum atomic E-state index is 13.1. The number of hydrogen-bond acceptors (Lipinski definition) is 3. The van der Waals surface area contributed by atoms with Crippen LogP contribution in [0.2, 0.25) is 0 Å². The first kappa shape index (κ1) is 18.9. The van der Waals surface area contributed by atoms with Crippen LogP contribution in [-0.4, -0.2) is 20.1 Å². The van der Waals surface area contributed by atoms with Crippen molar-refractivity contribution in [2.75, 3.05) is 0 Å². The Morgan fingerprint density at radius 3 is 2.62 bits per heavy atom. The van der Waals surface area contributed by atoms with Crippen LogP contribution < -0.4 is 10.9 Å². The lowest BCUT2D eigenvalue weighted by atomic mass is 10.1. The maximum Gasteiger partial charge on any atom is 0.273 e. The molecule has 1 amide bonds. The van der Waals surface area contributed by atoms with Gasteiger partial charge in [-0.15, -0.1) is 0 Å². The van der Waals surface area contributed by atoms with Gasteiger partial charge in [0.25, 0.3) is 5.56 Å². The predicted octanol–water partition coefficient (Wildman–Crippen LogP) is 3.36. The van der Waals surface area contributed by atoms with Crippen molar-refractivity contribution in [1.82, 2.24) is 19.5 Å². The number of para-hydroxylation sites is 1. The second kappa shape index (κ2) is 7.50. The summed E-state index contributed by atoms with van der Waals surface area (Å²) in [5.74, 6) is -0.466. The van der Waals surface area contributed by atoms with Gasteiger partial charge in [0.15, 0.2) is 5.65 Å². The molecule has 0 aliphatic carbocycles. The minimum absolute atomic E-state index is 0.155. The molecule has 148 valence electrons. The Hall–Kier alpha value is -3.48. The summed E-state index contributed by atoms with van der Waals surface area (Å²) in [5, 5.41) is 3.76. The fourth-order valence-corrected chi connectivity index (χ4v) is 3.69. The van der Waals surface area contributed by atoms with E-state index in [0.717, 1.165) is 16.5 Å². The zero-order chi connectivity index (χ0) is 20.5. The molecule has 2 aromatic heterocycles. The second-order valence-corrected chi connectivity index (χ2v) is 7.00. The summed E-state index contributed by atoms with van der Waals surface area (Å²) in [4.78, 5) is 29.2. The third-order valence-corrected chi connectivity index (χ3v) is 5.05. The van der Waals surface area contributed by atoms with E-state index < -0.39 is 6.04 Å². The average molecular weight is 392 g/mol. The number of fused-ring (bicyclic) bond motifs is 3. The number of aromatic nitrogens is 3. The molecule has 4 rings (SSSR count). The first-order chi connectivity index (χ1) is 14.0. The molecule has 2 aromatic carbocycles. The minimum Gasteiger partial charge on any atom is -0.350 e. The van der Waals surface area contributed by atoms with Crippen LogP contribution in [0.25, 0.3) is 16.6 Å². The van der Waals surface area contributed by atoms with Crippen molar-refractivity contribution in [2.24, 2.45) is 0 Å². The molecule has 0 aliphatic heterocycles. The average Bonchev–Trinajstić information content (AvgIpc) is 3.03. The van der Waals surface area contributed by atoms with E-state index >= 15 is 0 Å². The van der Waals surface area contributed by atoms with E-state index in [1.807, 2.05) is 47.3 Å². The largest absolute Gasteiger partial charge is 0.350 e. The summed E-state index contributed by atoms with van der Waals surface area (Å²) in [7, 11) is 0. The topological polar surface area (TPSA) is 68.4 Å². The number of hydrogen-bond donors (Lipinski definition) is 1. The van der Waals surface area contributed by atoms with Crippen LogP contribution >= 0.6 is 0 Å². The molecule has 1 atom stereocenters. The van der Waals surface area contributed by atoms with Crippen molar-refractivity contribution in [1.29, 1.82) is 0 Å². The molecule has 29 heavy (non-hydrogen) atoms. The number of nitrogens with zero attached hydrogens (tertiary/aromatic N) is 3. The van der Waals surface area contributed by atoms with Crippen molar-refractivity contribution < 1.29 is 9.18 Å². The number of carbonyl (C=O) groups excluding carboxylic acids is 1. The Labute approximate surface area is 166 Å². The van der Waals surface area contributed by atoms with Crippen LogP contribution in [0.15, 0.2) is 59.4 Å². The Morgan fingerprint density at radius 1 is 1.17 bits per heavy atom. The van der Waals surface area contributed by atoms with Gasteiger partial charge in [0.1, 0.15) is 11.9 Å². The van der Waals surface area contributed by atoms with Gasteiger partial charge in [-0.2, -0.15) is 4.98 Å². The Bertz CT molecular complexity index is 1260. The molecule has 0 saturated heterocycles. The molecule has 6 nitrogen and oxygen atoms in total. The molecule has 0 aliphatic rings. The van der Waals surface area contributed by atoms with E-state index in [2.05, 4.69) is 10.3 Å². The first-order valence-electron chi connectivity index (χ1n) is 9.51. The van der Waals surface area contributed by atoms with E-state index in [9.17, 15) is 14.0 Å². The van der Waals surface area contributed by atoms with Crippen LogP contribution in [0, 0.1) is 12.7 Å². The van der Waals surface area contributed by atoms with E-state index in [1.165, 1.54) is 18.2 Å². The molecule has 4 aromatic rings. The maximum absolute atomic E-state index is 13.1. The number of rotatable bonds is 5. The van der Waals surface area contributed by atoms with Crippen LogP contribution in [0.4, 0.5) is 4.39 Å². The molecular formula is C22H21FN4O2. The lowest BCUT2D eigenvalue weighted by Gasteiger charge is -2.20. The van der Waals surface area contributed by atoms with Crippen LogP contribution in [0.3, 0.4) is 0 Å². The zero-order valence-corrected chi connectivity index (χ0v) is 16.2. The summed E-state index contributed by atoms with van der Waals surface area (Å²) in [5.41, 5.74) is 2.59. The SMILES string of the molecule is CC[C@H](C(=O)NCc1ccc(F)cc1)n1c2ccccc2c2nc(=O)cc(C)n21. The van der Waals surface area contributed by atoms with Gasteiger partial charge in [0.05, 0.1) is 5.52 Å². The van der Waals surface area contributed by atoms with Gasteiger partial charge < -0.3 is 5.32 Å². The molecule has 7 heteroatoms. The lowest BCUT2D eigenvalue weighted by molar-refractivity contribution is -0.124. The lowest BCUT2D eigenvalue weighted by Crippen LogP contribution is -2.34. The quantitative estimate of drug-likeness (QED) is 0.566. The van der Waals surface area contributed by atoms with Gasteiger partial charge in [0.2, 0.25) is 5.91 Å². The van der Waals surface area contributed by atoms with Crippen molar-refractivity contribution >= 4 is 22.5 Å². The summed E-state index contributed by atoms with van der Waals surface area (Å²) in [6.07, 6.45) is 0.550. The molecule has 0 saturated carbocycles. The molecule has 1 N–H and O–H groups in total. The zero-order valence-electron chi connectivity index (χ0n) is 16.2. The normalized spacial score (nSPS) is 12.4. The Morgan fingerprint density at radius 2 is 1.90 bits per heavy atom. The monoisotopic (exact) mass is 392 g/mol. The van der Waals surface area contributed by atoms with Crippen molar-refractivity contribution in [2.45, 2.75) is 32.9 Å². The first-order valence-corrected chi connectivity index (χ1v) is 9.51. The van der Waals surface area contributed by atoms with Crippen molar-refractivity contribution in [3.8, 4) is 0 Å². The number of carbonyl (C=O) groups is 1. The summed E-state index contributed by atoms with van der Waals surface area (Å²) < 4.78 is 16.8. The highest BCUT2D eigenvalue weighted by Crippen LogP contribution is 2.26. The summed E-state index contributed by atoms with van der Waals surface area (Å²) >= 11 is 0. The van der Waals surface area contributed by atoms with E-state index in [1.54, 1.807) is 12.1 Å². The van der Waals surface area contributed by atoms with Gasteiger partial charge in [-0.1, -0.05) is 31.2 Å². The van der Waals surface area contributed by atoms with E-state index in [-0.39, 0.29) is 17.3 Å². The Kier molecular flexibility index (Phi) is 4.88. The van der Waals surface area contributed by atoms with Gasteiger partial charge in [-0.05, 0) is 43.2 Å². The smallest absolute Gasteiger partial charge is 0.273 e. The third kappa shape index (κ3) is 3.40. The van der Waals surface area contributed by atoms with Crippen LogP contribution in [0.1, 0.15) is 30.6 Å². The molecule has 0 radical (unpaired) electrons. The number of amides is 1. The van der Waals surface area contributed by atoms with Gasteiger partial charge >= 0.3 is 0 Å². The third-order valence-electron chi connectivity index (χ3n) is 5.05. The van der Waals surface area contributed by atoms with Crippen LogP contribution in [0.5, 0.6) is 0 Å². The van der Waals surface area contributed by atoms with Gasteiger partial charge in [-0.3, -0.25) is 14.3 Å². The number of aryl methyl sites for hydroxylation is 1. The number of nitrogens with one attached hydrogen (secondary N) is 1. The molecule has 0 fully saturated rings. The predicted molar refractivity (Wildman–Crippen MR) is 109 cm³/mol. The summed E-state index contributed by atoms with van der Waals surface area (Å²) in [6, 6.07) is 14.6. The van der Waals surface area contributed by atoms with Crippen molar-refractivity contribution in [3.63, 3.8) is 0 Å². The molecule has 0 bridgehead atoms. The van der Waals surface area contributed by atoms with E-state index in [0.29, 0.717) is 24.3 Å². The molecular weight excluding hydrogens is 371 g/mol. The van der Waals surface area contributed by atoms with Crippen molar-refractivity contribution in [3.05, 3.63) is 82.0 Å². The Balaban J connectivity index is 1.77. The molecule has 0 spiro atoms. The standard InChI is InChI=1S/C22H21FN4O2/c1-3-18(22(29)24-13-15-8-10-16(23)11-9-15)27-19-7-5-4-6-17(19)21-25-20(28)12-14(2)26(21)27/h4-12,18H,3,13H2,1-2H3,(H,24,29)/t18-/m1/s1. The van der Waals surface area contributed by atoms with E-state index in [4.69, 9.17) is 0 Å². The number of benzene rings is 2. The highest BCUT2D eigenvalue weighted by atomic mass is 19.1. The fourth-order valence-electron chi connectivity index (χ4n) is 3.69. The van der Waals surface area contributed by atoms with Crippen LogP contribution in [-0.2, 0) is 11.3 Å². The fraction of sp³-hybridized carbons (Fsp3) is 0.227. The summed E-state index contributed by atoms with van der Waals surface area (Å²) in [6.45, 7) is 4.07. The highest BCUT2D eigenvalue weighted by Gasteiger charge is 2.24. The molecule has 0 unspecified atom stereocenters. The second-order valence-electron chi connectivity index (χ2n) is 7.00. The minimum atomic E-state index is -0.499. The number of halogens is 1. The van der Waals surface area contributed by atoms with Gasteiger partial charge in [-0.25, -0.2) is 8.91 Å². The molecule has 2 heterocycles.